The number of aromatic nitrogens is 2. The number of aromatic hydroxyl groups is 1. The highest BCUT2D eigenvalue weighted by molar-refractivity contribution is 5.49. The van der Waals surface area contributed by atoms with E-state index in [1.165, 1.54) is 11.1 Å². The van der Waals surface area contributed by atoms with Crippen LogP contribution in [-0.4, -0.2) is 20.0 Å². The third kappa shape index (κ3) is 4.30. The largest absolute Gasteiger partial charge is 0.507 e. The summed E-state index contributed by atoms with van der Waals surface area (Å²) in [7, 11) is 0. The first-order valence-electron chi connectivity index (χ1n) is 10.8. The SMILES string of the molecule is Cc1cnc(CN(Cc2ccc(C#N)c(C)c2O)C2CCCc3cccnc32)c(C)c1. The molecule has 0 radical (unpaired) electrons. The van der Waals surface area contributed by atoms with Gasteiger partial charge in [-0.2, -0.15) is 5.26 Å². The summed E-state index contributed by atoms with van der Waals surface area (Å²) in [6.07, 6.45) is 6.96. The predicted molar refractivity (Wildman–Crippen MR) is 120 cm³/mol. The molecule has 5 nitrogen and oxygen atoms in total. The molecular formula is C26H28N4O. The molecule has 0 saturated heterocycles. The number of phenolic OH excluding ortho intramolecular Hbond substituents is 1. The van der Waals surface area contributed by atoms with Crippen LogP contribution in [-0.2, 0) is 19.5 Å². The average Bonchev–Trinajstić information content (AvgIpc) is 2.77. The Balaban J connectivity index is 1.73. The van der Waals surface area contributed by atoms with Crippen molar-refractivity contribution < 1.29 is 5.11 Å². The van der Waals surface area contributed by atoms with Gasteiger partial charge in [-0.15, -0.1) is 0 Å². The molecule has 0 bridgehead atoms. The second-order valence-electron chi connectivity index (χ2n) is 8.49. The molecule has 1 N–H and O–H groups in total. The number of fused-ring (bicyclic) bond motifs is 1. The van der Waals surface area contributed by atoms with Crippen molar-refractivity contribution in [1.29, 1.82) is 5.26 Å². The Morgan fingerprint density at radius 3 is 2.77 bits per heavy atom. The van der Waals surface area contributed by atoms with Crippen LogP contribution in [0.5, 0.6) is 5.75 Å². The van der Waals surface area contributed by atoms with E-state index >= 15 is 0 Å². The Kier molecular flexibility index (Phi) is 6.01. The van der Waals surface area contributed by atoms with Gasteiger partial charge in [-0.25, -0.2) is 0 Å². The van der Waals surface area contributed by atoms with E-state index in [4.69, 9.17) is 9.97 Å². The van der Waals surface area contributed by atoms with Crippen LogP contribution in [0.1, 0.15) is 63.7 Å². The summed E-state index contributed by atoms with van der Waals surface area (Å²) >= 11 is 0. The van der Waals surface area contributed by atoms with Gasteiger partial charge in [0.1, 0.15) is 5.75 Å². The van der Waals surface area contributed by atoms with E-state index in [1.807, 2.05) is 24.5 Å². The molecule has 31 heavy (non-hydrogen) atoms. The number of nitrogens with zero attached hydrogens (tertiary/aromatic N) is 4. The van der Waals surface area contributed by atoms with Gasteiger partial charge in [-0.05, 0) is 68.9 Å². The third-order valence-corrected chi connectivity index (χ3v) is 6.29. The molecule has 1 aliphatic rings. The number of aryl methyl sites for hydroxylation is 3. The van der Waals surface area contributed by atoms with Crippen LogP contribution in [0.4, 0.5) is 0 Å². The second kappa shape index (κ2) is 8.87. The monoisotopic (exact) mass is 412 g/mol. The summed E-state index contributed by atoms with van der Waals surface area (Å²) in [5.41, 5.74) is 7.75. The van der Waals surface area contributed by atoms with Crippen LogP contribution in [0.25, 0.3) is 0 Å². The van der Waals surface area contributed by atoms with Crippen molar-refractivity contribution in [1.82, 2.24) is 14.9 Å². The van der Waals surface area contributed by atoms with Gasteiger partial charge in [0.05, 0.1) is 29.1 Å². The lowest BCUT2D eigenvalue weighted by atomic mass is 9.90. The van der Waals surface area contributed by atoms with Crippen LogP contribution >= 0.6 is 0 Å². The van der Waals surface area contributed by atoms with E-state index in [2.05, 4.69) is 36.9 Å². The molecular weight excluding hydrogens is 384 g/mol. The van der Waals surface area contributed by atoms with E-state index in [9.17, 15) is 10.4 Å². The van der Waals surface area contributed by atoms with Crippen molar-refractivity contribution in [2.75, 3.05) is 0 Å². The van der Waals surface area contributed by atoms with E-state index < -0.39 is 0 Å². The highest BCUT2D eigenvalue weighted by Gasteiger charge is 2.28. The third-order valence-electron chi connectivity index (χ3n) is 6.29. The standard InChI is InChI=1S/C26H28N4O/c1-17-12-18(2)23(29-14-17)16-30(15-22-10-9-21(13-27)19(3)26(22)31)24-8-4-6-20-7-5-11-28-25(20)24/h5,7,9-12,14,24,31H,4,6,8,15-16H2,1-3H3. The van der Waals surface area contributed by atoms with Crippen molar-refractivity contribution in [3.63, 3.8) is 0 Å². The van der Waals surface area contributed by atoms with Gasteiger partial charge in [-0.1, -0.05) is 18.2 Å². The van der Waals surface area contributed by atoms with Gasteiger partial charge in [0.15, 0.2) is 0 Å². The molecule has 2 heterocycles. The van der Waals surface area contributed by atoms with Gasteiger partial charge in [0.2, 0.25) is 0 Å². The molecule has 5 heteroatoms. The summed E-state index contributed by atoms with van der Waals surface area (Å²) in [4.78, 5) is 11.8. The maximum Gasteiger partial charge on any atom is 0.124 e. The maximum atomic E-state index is 10.8. The number of benzene rings is 1. The Morgan fingerprint density at radius 1 is 1.16 bits per heavy atom. The number of hydrogen-bond donors (Lipinski definition) is 1. The van der Waals surface area contributed by atoms with Crippen molar-refractivity contribution in [3.8, 4) is 11.8 Å². The average molecular weight is 413 g/mol. The molecule has 1 unspecified atom stereocenters. The Bertz CT molecular complexity index is 1150. The number of pyridine rings is 2. The Morgan fingerprint density at radius 2 is 2.00 bits per heavy atom. The first kappa shape index (κ1) is 21.0. The lowest BCUT2D eigenvalue weighted by molar-refractivity contribution is 0.153. The molecule has 3 aromatic rings. The first-order chi connectivity index (χ1) is 15.0. The summed E-state index contributed by atoms with van der Waals surface area (Å²) in [5.74, 6) is 0.203. The van der Waals surface area contributed by atoms with Gasteiger partial charge >= 0.3 is 0 Å². The minimum absolute atomic E-state index is 0.155. The summed E-state index contributed by atoms with van der Waals surface area (Å²) in [6.45, 7) is 7.19. The van der Waals surface area contributed by atoms with Crippen LogP contribution in [0.3, 0.4) is 0 Å². The Hall–Kier alpha value is -3.23. The van der Waals surface area contributed by atoms with Gasteiger partial charge < -0.3 is 5.11 Å². The molecule has 0 aliphatic heterocycles. The maximum absolute atomic E-state index is 10.8. The topological polar surface area (TPSA) is 73.0 Å². The van der Waals surface area contributed by atoms with E-state index in [-0.39, 0.29) is 11.8 Å². The molecule has 1 aromatic carbocycles. The van der Waals surface area contributed by atoms with Crippen LogP contribution in [0.15, 0.2) is 42.7 Å². The molecule has 0 saturated carbocycles. The van der Waals surface area contributed by atoms with Gasteiger partial charge in [-0.3, -0.25) is 14.9 Å². The zero-order valence-corrected chi connectivity index (χ0v) is 18.4. The summed E-state index contributed by atoms with van der Waals surface area (Å²) in [6, 6.07) is 12.3. The van der Waals surface area contributed by atoms with Crippen molar-refractivity contribution >= 4 is 0 Å². The fourth-order valence-corrected chi connectivity index (χ4v) is 4.54. The van der Waals surface area contributed by atoms with E-state index in [0.717, 1.165) is 41.8 Å². The molecule has 0 amide bonds. The number of hydrogen-bond acceptors (Lipinski definition) is 5. The molecule has 0 spiro atoms. The van der Waals surface area contributed by atoms with Crippen LogP contribution < -0.4 is 0 Å². The van der Waals surface area contributed by atoms with Gasteiger partial charge in [0, 0.05) is 36.6 Å². The molecule has 2 aromatic heterocycles. The highest BCUT2D eigenvalue weighted by atomic mass is 16.3. The summed E-state index contributed by atoms with van der Waals surface area (Å²) in [5, 5.41) is 20.1. The normalized spacial score (nSPS) is 15.5. The lowest BCUT2D eigenvalue weighted by Gasteiger charge is -2.35. The highest BCUT2D eigenvalue weighted by Crippen LogP contribution is 2.36. The Labute approximate surface area is 184 Å². The second-order valence-corrected chi connectivity index (χ2v) is 8.49. The minimum atomic E-state index is 0.155. The van der Waals surface area contributed by atoms with Crippen LogP contribution in [0.2, 0.25) is 0 Å². The summed E-state index contributed by atoms with van der Waals surface area (Å²) < 4.78 is 0. The number of nitriles is 1. The van der Waals surface area contributed by atoms with Crippen molar-refractivity contribution in [2.45, 2.75) is 59.2 Å². The van der Waals surface area contributed by atoms with Crippen LogP contribution in [0, 0.1) is 32.1 Å². The zero-order valence-electron chi connectivity index (χ0n) is 18.4. The van der Waals surface area contributed by atoms with E-state index in [0.29, 0.717) is 24.2 Å². The zero-order chi connectivity index (χ0) is 22.0. The quantitative estimate of drug-likeness (QED) is 0.634. The lowest BCUT2D eigenvalue weighted by Crippen LogP contribution is -2.32. The predicted octanol–water partition coefficient (Wildman–Crippen LogP) is 5.06. The molecule has 4 rings (SSSR count). The molecule has 158 valence electrons. The fraction of sp³-hybridized carbons (Fsp3) is 0.346. The minimum Gasteiger partial charge on any atom is -0.507 e. The smallest absolute Gasteiger partial charge is 0.124 e. The molecule has 1 atom stereocenters. The molecule has 0 fully saturated rings. The fourth-order valence-electron chi connectivity index (χ4n) is 4.54. The first-order valence-corrected chi connectivity index (χ1v) is 10.8. The molecule has 1 aliphatic carbocycles. The van der Waals surface area contributed by atoms with E-state index in [1.54, 1.807) is 13.0 Å². The van der Waals surface area contributed by atoms with Crippen molar-refractivity contribution in [3.05, 3.63) is 87.5 Å². The number of rotatable bonds is 5. The number of phenols is 1. The van der Waals surface area contributed by atoms with Crippen molar-refractivity contribution in [2.24, 2.45) is 0 Å². The van der Waals surface area contributed by atoms with Gasteiger partial charge in [0.25, 0.3) is 0 Å².